The highest BCUT2D eigenvalue weighted by Crippen LogP contribution is 2.39. The van der Waals surface area contributed by atoms with E-state index in [-0.39, 0.29) is 11.6 Å². The number of nitrogens with one attached hydrogen (secondary N) is 1. The van der Waals surface area contributed by atoms with Gasteiger partial charge in [-0.3, -0.25) is 0 Å². The molecule has 0 aliphatic heterocycles. The molecule has 0 spiro atoms. The van der Waals surface area contributed by atoms with Gasteiger partial charge in [0.25, 0.3) is 0 Å². The van der Waals surface area contributed by atoms with E-state index in [1.165, 1.54) is 25.0 Å². The molecule has 1 nitrogen and oxygen atoms in total. The molecule has 0 saturated heterocycles. The monoisotopic (exact) mass is 239 g/mol. The van der Waals surface area contributed by atoms with Gasteiger partial charge in [-0.15, -0.1) is 0 Å². The van der Waals surface area contributed by atoms with Gasteiger partial charge < -0.3 is 5.32 Å². The first-order valence-corrected chi connectivity index (χ1v) is 6.31. The van der Waals surface area contributed by atoms with E-state index < -0.39 is 11.6 Å². The molecule has 1 saturated carbocycles. The van der Waals surface area contributed by atoms with Crippen LogP contribution in [0.4, 0.5) is 8.78 Å². The predicted octanol–water partition coefficient (Wildman–Crippen LogP) is 3.72. The largest absolute Gasteiger partial charge is 0.310 e. The molecule has 94 valence electrons. The molecular formula is C14H19F2N. The lowest BCUT2D eigenvalue weighted by atomic mass is 9.98. The third-order valence-corrected chi connectivity index (χ3v) is 3.38. The van der Waals surface area contributed by atoms with Crippen molar-refractivity contribution in [1.29, 1.82) is 0 Å². The van der Waals surface area contributed by atoms with Crippen molar-refractivity contribution in [3.05, 3.63) is 34.9 Å². The molecule has 0 amide bonds. The molecule has 17 heavy (non-hydrogen) atoms. The van der Waals surface area contributed by atoms with Crippen molar-refractivity contribution in [2.75, 3.05) is 6.54 Å². The Hall–Kier alpha value is -0.960. The van der Waals surface area contributed by atoms with Crippen LogP contribution in [0.15, 0.2) is 12.1 Å². The molecule has 0 heterocycles. The SMILES string of the molecule is CCNC(CC1CC1)c1c(F)ccc(C)c1F. The van der Waals surface area contributed by atoms with Gasteiger partial charge in [-0.25, -0.2) is 8.78 Å². The first-order chi connectivity index (χ1) is 8.13. The maximum Gasteiger partial charge on any atom is 0.133 e. The Kier molecular flexibility index (Phi) is 3.77. The van der Waals surface area contributed by atoms with Gasteiger partial charge in [-0.2, -0.15) is 0 Å². The molecule has 1 fully saturated rings. The highest BCUT2D eigenvalue weighted by molar-refractivity contribution is 5.29. The minimum atomic E-state index is -0.431. The molecule has 1 aliphatic carbocycles. The van der Waals surface area contributed by atoms with Crippen LogP contribution in [0.1, 0.15) is 43.4 Å². The second-order valence-electron chi connectivity index (χ2n) is 4.88. The molecule has 2 rings (SSSR count). The molecule has 1 aromatic carbocycles. The fourth-order valence-electron chi connectivity index (χ4n) is 2.23. The van der Waals surface area contributed by atoms with E-state index in [2.05, 4.69) is 5.32 Å². The van der Waals surface area contributed by atoms with Gasteiger partial charge in [-0.05, 0) is 37.4 Å². The van der Waals surface area contributed by atoms with Crippen LogP contribution in [0.3, 0.4) is 0 Å². The Morgan fingerprint density at radius 2 is 2.06 bits per heavy atom. The minimum Gasteiger partial charge on any atom is -0.310 e. The van der Waals surface area contributed by atoms with E-state index in [1.54, 1.807) is 6.92 Å². The van der Waals surface area contributed by atoms with Crippen molar-refractivity contribution < 1.29 is 8.78 Å². The summed E-state index contributed by atoms with van der Waals surface area (Å²) >= 11 is 0. The summed E-state index contributed by atoms with van der Waals surface area (Å²) in [7, 11) is 0. The fraction of sp³-hybridized carbons (Fsp3) is 0.571. The summed E-state index contributed by atoms with van der Waals surface area (Å²) in [5.41, 5.74) is 0.735. The van der Waals surface area contributed by atoms with E-state index >= 15 is 0 Å². The van der Waals surface area contributed by atoms with Crippen LogP contribution in [0, 0.1) is 24.5 Å². The van der Waals surface area contributed by atoms with E-state index in [0.717, 1.165) is 13.0 Å². The zero-order valence-electron chi connectivity index (χ0n) is 10.4. The number of rotatable bonds is 5. The molecular weight excluding hydrogens is 220 g/mol. The number of aryl methyl sites for hydroxylation is 1. The van der Waals surface area contributed by atoms with Gasteiger partial charge in [0.05, 0.1) is 0 Å². The second kappa shape index (κ2) is 5.13. The van der Waals surface area contributed by atoms with Crippen LogP contribution in [0.5, 0.6) is 0 Å². The highest BCUT2D eigenvalue weighted by Gasteiger charge is 2.29. The Bertz CT molecular complexity index is 399. The summed E-state index contributed by atoms with van der Waals surface area (Å²) in [6.45, 7) is 4.37. The van der Waals surface area contributed by atoms with Crippen LogP contribution < -0.4 is 5.32 Å². The van der Waals surface area contributed by atoms with E-state index in [4.69, 9.17) is 0 Å². The molecule has 1 atom stereocenters. The topological polar surface area (TPSA) is 12.0 Å². The summed E-state index contributed by atoms with van der Waals surface area (Å²) in [5, 5.41) is 3.20. The molecule has 0 aromatic heterocycles. The third kappa shape index (κ3) is 2.83. The Balaban J connectivity index is 2.29. The van der Waals surface area contributed by atoms with Crippen LogP contribution in [0.25, 0.3) is 0 Å². The highest BCUT2D eigenvalue weighted by atomic mass is 19.1. The number of halogens is 2. The molecule has 0 bridgehead atoms. The normalized spacial score (nSPS) is 17.2. The van der Waals surface area contributed by atoms with Gasteiger partial charge in [0.2, 0.25) is 0 Å². The van der Waals surface area contributed by atoms with Crippen LogP contribution in [0.2, 0.25) is 0 Å². The summed E-state index contributed by atoms with van der Waals surface area (Å²) in [6, 6.07) is 2.67. The zero-order chi connectivity index (χ0) is 12.4. The second-order valence-corrected chi connectivity index (χ2v) is 4.88. The summed E-state index contributed by atoms with van der Waals surface area (Å²) in [6.07, 6.45) is 3.22. The number of hydrogen-bond acceptors (Lipinski definition) is 1. The van der Waals surface area contributed by atoms with Crippen molar-refractivity contribution >= 4 is 0 Å². The standard InChI is InChI=1S/C14H19F2N/c1-3-17-12(8-10-5-6-10)13-11(15)7-4-9(2)14(13)16/h4,7,10,12,17H,3,5-6,8H2,1-2H3. The maximum absolute atomic E-state index is 14.0. The summed E-state index contributed by atoms with van der Waals surface area (Å²) in [4.78, 5) is 0. The Labute approximate surface area is 101 Å². The molecule has 1 N–H and O–H groups in total. The van der Waals surface area contributed by atoms with Crippen LogP contribution in [-0.4, -0.2) is 6.54 Å². The lowest BCUT2D eigenvalue weighted by molar-refractivity contribution is 0.436. The van der Waals surface area contributed by atoms with Gasteiger partial charge >= 0.3 is 0 Å². The minimum absolute atomic E-state index is 0.188. The predicted molar refractivity (Wildman–Crippen MR) is 64.9 cm³/mol. The molecule has 0 radical (unpaired) electrons. The van der Waals surface area contributed by atoms with E-state index in [0.29, 0.717) is 11.5 Å². The van der Waals surface area contributed by atoms with Crippen molar-refractivity contribution in [3.63, 3.8) is 0 Å². The quantitative estimate of drug-likeness (QED) is 0.825. The van der Waals surface area contributed by atoms with Gasteiger partial charge in [0.1, 0.15) is 11.6 Å². The van der Waals surface area contributed by atoms with Gasteiger partial charge in [-0.1, -0.05) is 25.8 Å². The summed E-state index contributed by atoms with van der Waals surface area (Å²) in [5.74, 6) is -0.185. The molecule has 1 unspecified atom stereocenters. The zero-order valence-corrected chi connectivity index (χ0v) is 10.4. The first-order valence-electron chi connectivity index (χ1n) is 6.31. The smallest absolute Gasteiger partial charge is 0.133 e. The van der Waals surface area contributed by atoms with Crippen molar-refractivity contribution in [2.24, 2.45) is 5.92 Å². The molecule has 1 aliphatic rings. The number of hydrogen-bond donors (Lipinski definition) is 1. The van der Waals surface area contributed by atoms with E-state index in [1.807, 2.05) is 6.92 Å². The van der Waals surface area contributed by atoms with Gasteiger partial charge in [0, 0.05) is 11.6 Å². The average Bonchev–Trinajstić information content (AvgIpc) is 3.08. The van der Waals surface area contributed by atoms with E-state index in [9.17, 15) is 8.78 Å². The van der Waals surface area contributed by atoms with Crippen LogP contribution >= 0.6 is 0 Å². The first kappa shape index (κ1) is 12.5. The maximum atomic E-state index is 14.0. The summed E-state index contributed by atoms with van der Waals surface area (Å²) < 4.78 is 27.8. The lowest BCUT2D eigenvalue weighted by Crippen LogP contribution is -2.24. The molecule has 1 aromatic rings. The van der Waals surface area contributed by atoms with Crippen LogP contribution in [-0.2, 0) is 0 Å². The average molecular weight is 239 g/mol. The van der Waals surface area contributed by atoms with Crippen molar-refractivity contribution in [1.82, 2.24) is 5.32 Å². The van der Waals surface area contributed by atoms with Crippen molar-refractivity contribution in [2.45, 2.75) is 39.2 Å². The fourth-order valence-corrected chi connectivity index (χ4v) is 2.23. The third-order valence-electron chi connectivity index (χ3n) is 3.38. The Morgan fingerprint density at radius 1 is 1.35 bits per heavy atom. The number of benzene rings is 1. The molecule has 3 heteroatoms. The van der Waals surface area contributed by atoms with Gasteiger partial charge in [0.15, 0.2) is 0 Å². The Morgan fingerprint density at radius 3 is 2.65 bits per heavy atom. The van der Waals surface area contributed by atoms with Crippen molar-refractivity contribution in [3.8, 4) is 0 Å². The lowest BCUT2D eigenvalue weighted by Gasteiger charge is -2.20.